The molecule has 5 nitrogen and oxygen atoms in total. The highest BCUT2D eigenvalue weighted by atomic mass is 35.5. The monoisotopic (exact) mass is 417 g/mol. The number of hydrogen-bond acceptors (Lipinski definition) is 5. The molecule has 0 aliphatic carbocycles. The molecular weight excluding hydrogens is 394 g/mol. The molecule has 0 unspecified atom stereocenters. The van der Waals surface area contributed by atoms with Crippen molar-refractivity contribution in [3.8, 4) is 0 Å². The SMILES string of the molecule is Cc1cc(C)cc(S(=O)(=O)c2ccc3nccc(N4CCNCC4)c3c2)c1.Cl. The molecule has 1 fully saturated rings. The lowest BCUT2D eigenvalue weighted by Gasteiger charge is -2.30. The van der Waals surface area contributed by atoms with Crippen LogP contribution in [0.3, 0.4) is 0 Å². The summed E-state index contributed by atoms with van der Waals surface area (Å²) < 4.78 is 26.5. The Kier molecular flexibility index (Phi) is 5.93. The molecule has 0 spiro atoms. The number of aromatic nitrogens is 1. The van der Waals surface area contributed by atoms with Gasteiger partial charge in [0.2, 0.25) is 9.84 Å². The Morgan fingerprint density at radius 2 is 1.61 bits per heavy atom. The van der Waals surface area contributed by atoms with Gasteiger partial charge in [-0.1, -0.05) is 6.07 Å². The lowest BCUT2D eigenvalue weighted by Crippen LogP contribution is -2.43. The van der Waals surface area contributed by atoms with Crippen LogP contribution in [0.2, 0.25) is 0 Å². The number of piperazine rings is 1. The predicted molar refractivity (Wildman–Crippen MR) is 115 cm³/mol. The topological polar surface area (TPSA) is 62.3 Å². The van der Waals surface area contributed by atoms with Crippen molar-refractivity contribution in [3.63, 3.8) is 0 Å². The number of benzene rings is 2. The fourth-order valence-electron chi connectivity index (χ4n) is 3.68. The minimum absolute atomic E-state index is 0. The molecule has 1 saturated heterocycles. The number of nitrogens with zero attached hydrogens (tertiary/aromatic N) is 2. The smallest absolute Gasteiger partial charge is 0.206 e. The van der Waals surface area contributed by atoms with Gasteiger partial charge in [-0.3, -0.25) is 4.98 Å². The van der Waals surface area contributed by atoms with E-state index in [1.807, 2.05) is 26.0 Å². The van der Waals surface area contributed by atoms with E-state index >= 15 is 0 Å². The molecule has 2 aromatic carbocycles. The van der Waals surface area contributed by atoms with Crippen LogP contribution < -0.4 is 10.2 Å². The summed E-state index contributed by atoms with van der Waals surface area (Å²) in [5.41, 5.74) is 3.74. The van der Waals surface area contributed by atoms with Crippen molar-refractivity contribution in [1.29, 1.82) is 0 Å². The Hall–Kier alpha value is -2.15. The van der Waals surface area contributed by atoms with Crippen LogP contribution in [0.15, 0.2) is 58.5 Å². The third-order valence-corrected chi connectivity index (χ3v) is 6.69. The molecule has 0 atom stereocenters. The van der Waals surface area contributed by atoms with Gasteiger partial charge in [0.05, 0.1) is 15.3 Å². The third kappa shape index (κ3) is 3.85. The van der Waals surface area contributed by atoms with Gasteiger partial charge in [-0.25, -0.2) is 8.42 Å². The number of nitrogens with one attached hydrogen (secondary N) is 1. The first kappa shape index (κ1) is 20.6. The van der Waals surface area contributed by atoms with Crippen molar-refractivity contribution in [1.82, 2.24) is 10.3 Å². The molecular formula is C21H24ClN3O2S. The highest BCUT2D eigenvalue weighted by Gasteiger charge is 2.21. The van der Waals surface area contributed by atoms with Gasteiger partial charge < -0.3 is 10.2 Å². The molecule has 0 bridgehead atoms. The van der Waals surface area contributed by atoms with Crippen LogP contribution >= 0.6 is 12.4 Å². The van der Waals surface area contributed by atoms with Gasteiger partial charge in [0.25, 0.3) is 0 Å². The molecule has 7 heteroatoms. The number of hydrogen-bond donors (Lipinski definition) is 1. The van der Waals surface area contributed by atoms with Gasteiger partial charge in [0, 0.05) is 43.4 Å². The van der Waals surface area contributed by atoms with E-state index in [-0.39, 0.29) is 12.4 Å². The lowest BCUT2D eigenvalue weighted by molar-refractivity contribution is 0.590. The van der Waals surface area contributed by atoms with E-state index < -0.39 is 9.84 Å². The van der Waals surface area contributed by atoms with Crippen molar-refractivity contribution in [2.75, 3.05) is 31.1 Å². The molecule has 28 heavy (non-hydrogen) atoms. The molecule has 0 saturated carbocycles. The highest BCUT2D eigenvalue weighted by molar-refractivity contribution is 7.91. The minimum atomic E-state index is -3.58. The zero-order chi connectivity index (χ0) is 19.0. The lowest BCUT2D eigenvalue weighted by atomic mass is 10.1. The van der Waals surface area contributed by atoms with Crippen LogP contribution in [-0.4, -0.2) is 39.6 Å². The highest BCUT2D eigenvalue weighted by Crippen LogP contribution is 2.30. The Labute approximate surface area is 172 Å². The summed E-state index contributed by atoms with van der Waals surface area (Å²) in [5.74, 6) is 0. The number of fused-ring (bicyclic) bond motifs is 1. The number of halogens is 1. The first-order valence-corrected chi connectivity index (χ1v) is 10.6. The molecule has 1 aliphatic heterocycles. The number of pyridine rings is 1. The summed E-state index contributed by atoms with van der Waals surface area (Å²) in [4.78, 5) is 7.36. The fraction of sp³-hybridized carbons (Fsp3) is 0.286. The number of rotatable bonds is 3. The van der Waals surface area contributed by atoms with Crippen LogP contribution in [0, 0.1) is 13.8 Å². The van der Waals surface area contributed by atoms with Crippen LogP contribution in [-0.2, 0) is 9.84 Å². The maximum atomic E-state index is 13.2. The predicted octanol–water partition coefficient (Wildman–Crippen LogP) is 3.52. The van der Waals surface area contributed by atoms with Crippen molar-refractivity contribution < 1.29 is 8.42 Å². The molecule has 0 radical (unpaired) electrons. The normalized spacial score (nSPS) is 14.7. The molecule has 3 aromatic rings. The molecule has 1 aliphatic rings. The first-order valence-electron chi connectivity index (χ1n) is 9.13. The molecule has 4 rings (SSSR count). The Balaban J connectivity index is 0.00000225. The van der Waals surface area contributed by atoms with E-state index in [0.717, 1.165) is 53.9 Å². The molecule has 2 heterocycles. The second kappa shape index (κ2) is 8.07. The van der Waals surface area contributed by atoms with Crippen molar-refractivity contribution in [2.45, 2.75) is 23.6 Å². The van der Waals surface area contributed by atoms with Crippen LogP contribution in [0.5, 0.6) is 0 Å². The van der Waals surface area contributed by atoms with Gasteiger partial charge in [-0.05, 0) is 61.4 Å². The van der Waals surface area contributed by atoms with Crippen molar-refractivity contribution >= 4 is 38.8 Å². The van der Waals surface area contributed by atoms with Crippen LogP contribution in [0.25, 0.3) is 10.9 Å². The van der Waals surface area contributed by atoms with Crippen LogP contribution in [0.1, 0.15) is 11.1 Å². The van der Waals surface area contributed by atoms with Gasteiger partial charge in [-0.2, -0.15) is 0 Å². The second-order valence-electron chi connectivity index (χ2n) is 7.07. The second-order valence-corrected chi connectivity index (χ2v) is 9.02. The van der Waals surface area contributed by atoms with E-state index in [1.165, 1.54) is 0 Å². The first-order chi connectivity index (χ1) is 12.9. The maximum Gasteiger partial charge on any atom is 0.206 e. The quantitative estimate of drug-likeness (QED) is 0.706. The maximum absolute atomic E-state index is 13.2. The third-order valence-electron chi connectivity index (χ3n) is 4.96. The van der Waals surface area contributed by atoms with Gasteiger partial charge in [-0.15, -0.1) is 12.4 Å². The van der Waals surface area contributed by atoms with Crippen molar-refractivity contribution in [2.24, 2.45) is 0 Å². The van der Waals surface area contributed by atoms with Gasteiger partial charge >= 0.3 is 0 Å². The van der Waals surface area contributed by atoms with E-state index in [0.29, 0.717) is 9.79 Å². The Morgan fingerprint density at radius 3 is 2.29 bits per heavy atom. The summed E-state index contributed by atoms with van der Waals surface area (Å²) in [6, 6.07) is 12.6. The number of sulfone groups is 1. The van der Waals surface area contributed by atoms with E-state index in [1.54, 1.807) is 36.5 Å². The summed E-state index contributed by atoms with van der Waals surface area (Å²) >= 11 is 0. The molecule has 148 valence electrons. The van der Waals surface area contributed by atoms with Gasteiger partial charge in [0.15, 0.2) is 0 Å². The molecule has 1 aromatic heterocycles. The zero-order valence-electron chi connectivity index (χ0n) is 16.0. The zero-order valence-corrected chi connectivity index (χ0v) is 17.6. The average Bonchev–Trinajstić information content (AvgIpc) is 2.67. The van der Waals surface area contributed by atoms with E-state index in [9.17, 15) is 8.42 Å². The number of aryl methyl sites for hydroxylation is 2. The number of anilines is 1. The average molecular weight is 418 g/mol. The molecule has 1 N–H and O–H groups in total. The largest absolute Gasteiger partial charge is 0.368 e. The minimum Gasteiger partial charge on any atom is -0.368 e. The summed E-state index contributed by atoms with van der Waals surface area (Å²) in [5, 5.41) is 4.23. The van der Waals surface area contributed by atoms with E-state index in [4.69, 9.17) is 0 Å². The Bertz CT molecular complexity index is 1090. The summed E-state index contributed by atoms with van der Waals surface area (Å²) in [6.07, 6.45) is 1.79. The summed E-state index contributed by atoms with van der Waals surface area (Å²) in [7, 11) is -3.58. The van der Waals surface area contributed by atoms with E-state index in [2.05, 4.69) is 15.2 Å². The summed E-state index contributed by atoms with van der Waals surface area (Å²) in [6.45, 7) is 7.47. The standard InChI is InChI=1S/C21H23N3O2S.ClH/c1-15-11-16(2)13-18(12-15)27(25,26)17-3-4-20-19(14-17)21(5-6-23-20)24-9-7-22-8-10-24;/h3-6,11-14,22H,7-10H2,1-2H3;1H. The van der Waals surface area contributed by atoms with Crippen molar-refractivity contribution in [3.05, 3.63) is 59.8 Å². The Morgan fingerprint density at radius 1 is 0.929 bits per heavy atom. The molecule has 0 amide bonds. The van der Waals surface area contributed by atoms with Crippen LogP contribution in [0.4, 0.5) is 5.69 Å². The fourth-order valence-corrected chi connectivity index (χ4v) is 5.16. The van der Waals surface area contributed by atoms with Gasteiger partial charge in [0.1, 0.15) is 0 Å².